The molecule has 0 N–H and O–H groups in total. The second-order valence-corrected chi connectivity index (χ2v) is 6.23. The van der Waals surface area contributed by atoms with E-state index in [0.717, 1.165) is 12.5 Å². The zero-order valence-electron chi connectivity index (χ0n) is 9.81. The van der Waals surface area contributed by atoms with Crippen molar-refractivity contribution in [1.29, 1.82) is 0 Å². The minimum atomic E-state index is 0.119. The molecule has 0 aromatic rings. The van der Waals surface area contributed by atoms with Crippen LogP contribution in [0.25, 0.3) is 0 Å². The van der Waals surface area contributed by atoms with Crippen molar-refractivity contribution in [3.63, 3.8) is 0 Å². The summed E-state index contributed by atoms with van der Waals surface area (Å²) in [5.41, 5.74) is 0.590. The Bertz CT molecular complexity index is 162. The van der Waals surface area contributed by atoms with Crippen LogP contribution in [0.5, 0.6) is 0 Å². The Labute approximate surface area is 82.9 Å². The molecule has 1 atom stereocenters. The van der Waals surface area contributed by atoms with Crippen LogP contribution in [0.3, 0.4) is 0 Å². The molecule has 1 aliphatic rings. The van der Waals surface area contributed by atoms with Crippen molar-refractivity contribution in [3.8, 4) is 0 Å². The normalized spacial score (nSPS) is 28.8. The molecule has 0 bridgehead atoms. The van der Waals surface area contributed by atoms with Crippen molar-refractivity contribution in [3.05, 3.63) is 0 Å². The van der Waals surface area contributed by atoms with Crippen LogP contribution >= 0.6 is 0 Å². The maximum Gasteiger partial charge on any atom is 0.0629 e. The fraction of sp³-hybridized carbons (Fsp3) is 1.00. The minimum Gasteiger partial charge on any atom is -0.376 e. The highest BCUT2D eigenvalue weighted by Gasteiger charge is 2.30. The van der Waals surface area contributed by atoms with E-state index >= 15 is 0 Å². The lowest BCUT2D eigenvalue weighted by molar-refractivity contribution is -0.0777. The molecule has 0 radical (unpaired) electrons. The summed E-state index contributed by atoms with van der Waals surface area (Å²) < 4.78 is 5.71. The Morgan fingerprint density at radius 3 is 2.38 bits per heavy atom. The van der Waals surface area contributed by atoms with Gasteiger partial charge in [0, 0.05) is 6.61 Å². The lowest BCUT2D eigenvalue weighted by atomic mass is 9.77. The number of hydrogen-bond acceptors (Lipinski definition) is 1. The summed E-state index contributed by atoms with van der Waals surface area (Å²) >= 11 is 0. The Hall–Kier alpha value is -0.0400. The van der Waals surface area contributed by atoms with Gasteiger partial charge in [-0.3, -0.25) is 0 Å². The van der Waals surface area contributed by atoms with Gasteiger partial charge in [-0.1, -0.05) is 20.8 Å². The number of ether oxygens (including phenoxy) is 1. The van der Waals surface area contributed by atoms with Gasteiger partial charge in [0.25, 0.3) is 0 Å². The molecule has 1 unspecified atom stereocenters. The molecule has 0 amide bonds. The van der Waals surface area contributed by atoms with Gasteiger partial charge in [0.2, 0.25) is 0 Å². The Balaban J connectivity index is 2.44. The fourth-order valence-electron chi connectivity index (χ4n) is 2.40. The molecular formula is C12H24O. The van der Waals surface area contributed by atoms with Gasteiger partial charge in [-0.05, 0) is 44.4 Å². The van der Waals surface area contributed by atoms with Crippen LogP contribution in [-0.2, 0) is 4.74 Å². The van der Waals surface area contributed by atoms with E-state index in [1.165, 1.54) is 19.3 Å². The second kappa shape index (κ2) is 3.61. The zero-order valence-corrected chi connectivity index (χ0v) is 9.81. The van der Waals surface area contributed by atoms with Crippen molar-refractivity contribution >= 4 is 0 Å². The summed E-state index contributed by atoms with van der Waals surface area (Å²) in [7, 11) is 0. The van der Waals surface area contributed by atoms with E-state index in [-0.39, 0.29) is 5.60 Å². The van der Waals surface area contributed by atoms with E-state index in [1.54, 1.807) is 0 Å². The SMILES string of the molecule is CC(C)(C)CC1CCOC(C)(C)C1. The molecule has 1 nitrogen and oxygen atoms in total. The van der Waals surface area contributed by atoms with Gasteiger partial charge >= 0.3 is 0 Å². The maximum absolute atomic E-state index is 5.71. The fourth-order valence-corrected chi connectivity index (χ4v) is 2.40. The maximum atomic E-state index is 5.71. The van der Waals surface area contributed by atoms with Crippen LogP contribution in [0, 0.1) is 11.3 Å². The number of hydrogen-bond donors (Lipinski definition) is 0. The van der Waals surface area contributed by atoms with Crippen LogP contribution in [0.2, 0.25) is 0 Å². The molecule has 13 heavy (non-hydrogen) atoms. The quantitative estimate of drug-likeness (QED) is 0.604. The molecule has 1 heterocycles. The molecule has 1 saturated heterocycles. The summed E-state index contributed by atoms with van der Waals surface area (Å²) in [6.45, 7) is 12.4. The van der Waals surface area contributed by atoms with Gasteiger partial charge in [-0.15, -0.1) is 0 Å². The Morgan fingerprint density at radius 2 is 1.92 bits per heavy atom. The van der Waals surface area contributed by atoms with E-state index in [1.807, 2.05) is 0 Å². The minimum absolute atomic E-state index is 0.119. The standard InChI is InChI=1S/C12H24O/c1-11(2,3)8-10-6-7-13-12(4,5)9-10/h10H,6-9H2,1-5H3. The predicted molar refractivity (Wildman–Crippen MR) is 56.8 cm³/mol. The number of rotatable bonds is 1. The van der Waals surface area contributed by atoms with Gasteiger partial charge in [0.05, 0.1) is 5.60 Å². The summed E-state index contributed by atoms with van der Waals surface area (Å²) in [6.07, 6.45) is 3.81. The molecule has 78 valence electrons. The average molecular weight is 184 g/mol. The van der Waals surface area contributed by atoms with Crippen molar-refractivity contribution in [1.82, 2.24) is 0 Å². The molecule has 1 heteroatoms. The third-order valence-corrected chi connectivity index (χ3v) is 2.70. The molecular weight excluding hydrogens is 160 g/mol. The average Bonchev–Trinajstić information content (AvgIpc) is 1.79. The first-order chi connectivity index (χ1) is 5.79. The van der Waals surface area contributed by atoms with E-state index < -0.39 is 0 Å². The topological polar surface area (TPSA) is 9.23 Å². The van der Waals surface area contributed by atoms with E-state index in [4.69, 9.17) is 4.74 Å². The molecule has 0 aromatic heterocycles. The smallest absolute Gasteiger partial charge is 0.0629 e. The largest absolute Gasteiger partial charge is 0.376 e. The summed E-state index contributed by atoms with van der Waals surface area (Å²) in [6, 6.07) is 0. The molecule has 1 fully saturated rings. The van der Waals surface area contributed by atoms with Gasteiger partial charge < -0.3 is 4.74 Å². The first-order valence-electron chi connectivity index (χ1n) is 5.42. The van der Waals surface area contributed by atoms with Gasteiger partial charge in [-0.2, -0.15) is 0 Å². The molecule has 0 aromatic carbocycles. The Morgan fingerprint density at radius 1 is 1.31 bits per heavy atom. The van der Waals surface area contributed by atoms with Gasteiger partial charge in [-0.25, -0.2) is 0 Å². The van der Waals surface area contributed by atoms with Crippen LogP contribution in [-0.4, -0.2) is 12.2 Å². The highest BCUT2D eigenvalue weighted by atomic mass is 16.5. The molecule has 0 saturated carbocycles. The first-order valence-corrected chi connectivity index (χ1v) is 5.42. The highest BCUT2D eigenvalue weighted by Crippen LogP contribution is 2.36. The van der Waals surface area contributed by atoms with Gasteiger partial charge in [0.15, 0.2) is 0 Å². The third-order valence-electron chi connectivity index (χ3n) is 2.70. The van der Waals surface area contributed by atoms with Crippen LogP contribution in [0.4, 0.5) is 0 Å². The van der Waals surface area contributed by atoms with Crippen molar-refractivity contribution in [2.45, 2.75) is 59.5 Å². The molecule has 1 aliphatic heterocycles. The summed E-state index contributed by atoms with van der Waals surface area (Å²) in [5.74, 6) is 0.865. The van der Waals surface area contributed by atoms with E-state index in [2.05, 4.69) is 34.6 Å². The monoisotopic (exact) mass is 184 g/mol. The lowest BCUT2D eigenvalue weighted by Gasteiger charge is -2.38. The highest BCUT2D eigenvalue weighted by molar-refractivity contribution is 4.81. The van der Waals surface area contributed by atoms with E-state index in [0.29, 0.717) is 5.41 Å². The van der Waals surface area contributed by atoms with Crippen molar-refractivity contribution in [2.24, 2.45) is 11.3 Å². The molecule has 0 aliphatic carbocycles. The van der Waals surface area contributed by atoms with Gasteiger partial charge in [0.1, 0.15) is 0 Å². The predicted octanol–water partition coefficient (Wildman–Crippen LogP) is 3.63. The second-order valence-electron chi connectivity index (χ2n) is 6.23. The molecule has 0 spiro atoms. The van der Waals surface area contributed by atoms with Crippen LogP contribution in [0.1, 0.15) is 53.9 Å². The third kappa shape index (κ3) is 4.12. The van der Waals surface area contributed by atoms with Crippen LogP contribution < -0.4 is 0 Å². The zero-order chi connectivity index (χ0) is 10.1. The summed E-state index contributed by atoms with van der Waals surface area (Å²) in [5, 5.41) is 0. The first kappa shape index (κ1) is 11.0. The van der Waals surface area contributed by atoms with E-state index in [9.17, 15) is 0 Å². The van der Waals surface area contributed by atoms with Crippen molar-refractivity contribution < 1.29 is 4.74 Å². The Kier molecular flexibility index (Phi) is 3.06. The molecule has 1 rings (SSSR count). The summed E-state index contributed by atoms with van der Waals surface area (Å²) in [4.78, 5) is 0. The van der Waals surface area contributed by atoms with Crippen LogP contribution in [0.15, 0.2) is 0 Å². The lowest BCUT2D eigenvalue weighted by Crippen LogP contribution is -2.35. The van der Waals surface area contributed by atoms with Crippen molar-refractivity contribution in [2.75, 3.05) is 6.61 Å².